The molecule has 0 saturated heterocycles. The minimum Gasteiger partial charge on any atom is -0.330 e. The second kappa shape index (κ2) is 4.57. The quantitative estimate of drug-likeness (QED) is 0.802. The Kier molecular flexibility index (Phi) is 3.66. The molecule has 0 radical (unpaired) electrons. The summed E-state index contributed by atoms with van der Waals surface area (Å²) in [5.41, 5.74) is 7.37. The van der Waals surface area contributed by atoms with Crippen molar-refractivity contribution in [2.45, 2.75) is 12.2 Å². The van der Waals surface area contributed by atoms with E-state index >= 15 is 0 Å². The van der Waals surface area contributed by atoms with E-state index in [9.17, 15) is 8.42 Å². The summed E-state index contributed by atoms with van der Waals surface area (Å²) >= 11 is 0. The minimum atomic E-state index is -2.93. The number of nitrogens with two attached hydrogens (primary N) is 1. The van der Waals surface area contributed by atoms with Crippen LogP contribution in [0.2, 0.25) is 0 Å². The van der Waals surface area contributed by atoms with Gasteiger partial charge >= 0.3 is 0 Å². The lowest BCUT2D eigenvalue weighted by Gasteiger charge is -2.01. The van der Waals surface area contributed by atoms with Crippen molar-refractivity contribution in [2.75, 3.05) is 12.8 Å². The van der Waals surface area contributed by atoms with Gasteiger partial charge in [0.1, 0.15) is 0 Å². The Bertz CT molecular complexity index is 381. The fraction of sp³-hybridized carbons (Fsp3) is 0.400. The third-order valence-corrected chi connectivity index (χ3v) is 2.74. The van der Waals surface area contributed by atoms with Gasteiger partial charge in [-0.05, 0) is 24.1 Å². The number of rotatable bonds is 4. The molecule has 0 saturated carbocycles. The number of sulfone groups is 1. The standard InChI is InChI=1S/C10H15NO2S/c1-14(12,13)8-10-4-2-9(3-5-10)6-7-11/h2-5H,6-8,11H2,1H3. The molecule has 0 aliphatic rings. The molecule has 0 bridgehead atoms. The molecule has 3 nitrogen and oxygen atoms in total. The molecule has 0 atom stereocenters. The fourth-order valence-electron chi connectivity index (χ4n) is 1.27. The Balaban J connectivity index is 2.74. The Morgan fingerprint density at radius 1 is 1.14 bits per heavy atom. The van der Waals surface area contributed by atoms with E-state index < -0.39 is 9.84 Å². The Morgan fingerprint density at radius 3 is 2.07 bits per heavy atom. The van der Waals surface area contributed by atoms with E-state index in [1.54, 1.807) is 0 Å². The molecule has 0 aliphatic heterocycles. The van der Waals surface area contributed by atoms with Crippen molar-refractivity contribution in [3.05, 3.63) is 35.4 Å². The average molecular weight is 213 g/mol. The molecule has 0 spiro atoms. The number of benzene rings is 1. The molecule has 0 heterocycles. The molecular weight excluding hydrogens is 198 g/mol. The Labute approximate surface area is 84.9 Å². The molecule has 14 heavy (non-hydrogen) atoms. The van der Waals surface area contributed by atoms with Crippen LogP contribution in [-0.2, 0) is 22.0 Å². The monoisotopic (exact) mass is 213 g/mol. The molecule has 2 N–H and O–H groups in total. The summed E-state index contributed by atoms with van der Waals surface area (Å²) in [4.78, 5) is 0. The Morgan fingerprint density at radius 2 is 1.64 bits per heavy atom. The largest absolute Gasteiger partial charge is 0.330 e. The van der Waals surface area contributed by atoms with Crippen molar-refractivity contribution in [1.29, 1.82) is 0 Å². The van der Waals surface area contributed by atoms with Crippen molar-refractivity contribution >= 4 is 9.84 Å². The van der Waals surface area contributed by atoms with Gasteiger partial charge in [-0.15, -0.1) is 0 Å². The van der Waals surface area contributed by atoms with E-state index in [-0.39, 0.29) is 5.75 Å². The van der Waals surface area contributed by atoms with Crippen LogP contribution in [0, 0.1) is 0 Å². The molecule has 0 aliphatic carbocycles. The van der Waals surface area contributed by atoms with Crippen molar-refractivity contribution in [3.8, 4) is 0 Å². The average Bonchev–Trinajstić information content (AvgIpc) is 2.06. The van der Waals surface area contributed by atoms with E-state index in [1.165, 1.54) is 6.26 Å². The predicted octanol–water partition coefficient (Wildman–Crippen LogP) is 0.732. The summed E-state index contributed by atoms with van der Waals surface area (Å²) < 4.78 is 22.0. The first-order valence-corrected chi connectivity index (χ1v) is 6.53. The topological polar surface area (TPSA) is 60.2 Å². The van der Waals surface area contributed by atoms with Gasteiger partial charge in [-0.1, -0.05) is 24.3 Å². The third-order valence-electron chi connectivity index (χ3n) is 1.88. The maximum absolute atomic E-state index is 11.0. The van der Waals surface area contributed by atoms with Gasteiger partial charge in [0, 0.05) is 6.26 Å². The second-order valence-electron chi connectivity index (χ2n) is 3.43. The van der Waals surface area contributed by atoms with E-state index in [0.29, 0.717) is 6.54 Å². The van der Waals surface area contributed by atoms with Gasteiger partial charge in [0.05, 0.1) is 5.75 Å². The molecule has 1 aromatic carbocycles. The lowest BCUT2D eigenvalue weighted by Crippen LogP contribution is -2.03. The van der Waals surface area contributed by atoms with E-state index in [4.69, 9.17) is 5.73 Å². The van der Waals surface area contributed by atoms with Crippen molar-refractivity contribution in [1.82, 2.24) is 0 Å². The first-order chi connectivity index (χ1) is 6.51. The predicted molar refractivity (Wildman–Crippen MR) is 57.7 cm³/mol. The van der Waals surface area contributed by atoms with Gasteiger partial charge in [-0.25, -0.2) is 8.42 Å². The van der Waals surface area contributed by atoms with Crippen LogP contribution >= 0.6 is 0 Å². The lowest BCUT2D eigenvalue weighted by molar-refractivity contribution is 0.601. The maximum Gasteiger partial charge on any atom is 0.151 e. The van der Waals surface area contributed by atoms with E-state index in [0.717, 1.165) is 17.5 Å². The van der Waals surface area contributed by atoms with Gasteiger partial charge in [-0.2, -0.15) is 0 Å². The first-order valence-electron chi connectivity index (χ1n) is 4.47. The zero-order chi connectivity index (χ0) is 10.6. The molecule has 1 rings (SSSR count). The minimum absolute atomic E-state index is 0.107. The summed E-state index contributed by atoms with van der Waals surface area (Å²) in [5.74, 6) is 0.107. The van der Waals surface area contributed by atoms with E-state index in [2.05, 4.69) is 0 Å². The fourth-order valence-corrected chi connectivity index (χ4v) is 2.07. The van der Waals surface area contributed by atoms with Crippen LogP contribution in [0.4, 0.5) is 0 Å². The van der Waals surface area contributed by atoms with Crippen molar-refractivity contribution < 1.29 is 8.42 Å². The first kappa shape index (κ1) is 11.2. The maximum atomic E-state index is 11.0. The van der Waals surface area contributed by atoms with Crippen LogP contribution in [0.5, 0.6) is 0 Å². The Hall–Kier alpha value is -0.870. The van der Waals surface area contributed by atoms with Gasteiger partial charge in [0.15, 0.2) is 9.84 Å². The smallest absolute Gasteiger partial charge is 0.151 e. The third kappa shape index (κ3) is 3.89. The highest BCUT2D eigenvalue weighted by atomic mass is 32.2. The van der Waals surface area contributed by atoms with Crippen LogP contribution < -0.4 is 5.73 Å². The zero-order valence-electron chi connectivity index (χ0n) is 8.23. The molecule has 1 aromatic rings. The number of hydrogen-bond donors (Lipinski definition) is 1. The van der Waals surface area contributed by atoms with Crippen molar-refractivity contribution in [2.24, 2.45) is 5.73 Å². The van der Waals surface area contributed by atoms with Gasteiger partial charge in [0.2, 0.25) is 0 Å². The normalized spacial score (nSPS) is 11.6. The van der Waals surface area contributed by atoms with Crippen LogP contribution in [0.25, 0.3) is 0 Å². The van der Waals surface area contributed by atoms with Crippen LogP contribution in [0.3, 0.4) is 0 Å². The van der Waals surface area contributed by atoms with Crippen LogP contribution in [0.15, 0.2) is 24.3 Å². The number of hydrogen-bond acceptors (Lipinski definition) is 3. The highest BCUT2D eigenvalue weighted by Crippen LogP contribution is 2.07. The molecule has 4 heteroatoms. The van der Waals surface area contributed by atoms with E-state index in [1.807, 2.05) is 24.3 Å². The van der Waals surface area contributed by atoms with Gasteiger partial charge in [-0.3, -0.25) is 0 Å². The summed E-state index contributed by atoms with van der Waals surface area (Å²) in [5, 5.41) is 0. The molecule has 0 fully saturated rings. The van der Waals surface area contributed by atoms with Crippen molar-refractivity contribution in [3.63, 3.8) is 0 Å². The van der Waals surface area contributed by atoms with Gasteiger partial charge in [0.25, 0.3) is 0 Å². The molecule has 0 aromatic heterocycles. The highest BCUT2D eigenvalue weighted by molar-refractivity contribution is 7.89. The van der Waals surface area contributed by atoms with Crippen LogP contribution in [-0.4, -0.2) is 21.2 Å². The second-order valence-corrected chi connectivity index (χ2v) is 5.57. The summed E-state index contributed by atoms with van der Waals surface area (Å²) in [7, 11) is -2.93. The van der Waals surface area contributed by atoms with Crippen LogP contribution in [0.1, 0.15) is 11.1 Å². The zero-order valence-corrected chi connectivity index (χ0v) is 9.05. The lowest BCUT2D eigenvalue weighted by atomic mass is 10.1. The highest BCUT2D eigenvalue weighted by Gasteiger charge is 2.03. The summed E-state index contributed by atoms with van der Waals surface area (Å²) in [6, 6.07) is 7.53. The molecular formula is C10H15NO2S. The SMILES string of the molecule is CS(=O)(=O)Cc1ccc(CCN)cc1. The molecule has 0 unspecified atom stereocenters. The van der Waals surface area contributed by atoms with Gasteiger partial charge < -0.3 is 5.73 Å². The molecule has 0 amide bonds. The summed E-state index contributed by atoms with van der Waals surface area (Å²) in [6.07, 6.45) is 2.07. The summed E-state index contributed by atoms with van der Waals surface area (Å²) in [6.45, 7) is 0.616. The molecule has 78 valence electrons.